The maximum Gasteiger partial charge on any atom is 0.322 e. The molecule has 21 heavy (non-hydrogen) atoms. The van der Waals surface area contributed by atoms with Crippen molar-refractivity contribution in [2.45, 2.75) is 51.6 Å². The van der Waals surface area contributed by atoms with Crippen molar-refractivity contribution < 1.29 is 14.7 Å². The zero-order valence-electron chi connectivity index (χ0n) is 12.5. The smallest absolute Gasteiger partial charge is 0.322 e. The number of benzene rings is 1. The van der Waals surface area contributed by atoms with Gasteiger partial charge < -0.3 is 15.3 Å². The molecule has 2 amide bonds. The van der Waals surface area contributed by atoms with Crippen LogP contribution in [0.1, 0.15) is 38.7 Å². The van der Waals surface area contributed by atoms with Gasteiger partial charge in [-0.15, -0.1) is 0 Å². The number of amides is 2. The monoisotopic (exact) mass is 290 g/mol. The van der Waals surface area contributed by atoms with E-state index < -0.39 is 5.97 Å². The van der Waals surface area contributed by atoms with Gasteiger partial charge in [-0.25, -0.2) is 4.79 Å². The molecule has 1 fully saturated rings. The van der Waals surface area contributed by atoms with Crippen LogP contribution in [-0.4, -0.2) is 34.1 Å². The molecule has 1 aliphatic heterocycles. The Hall–Kier alpha value is -2.04. The highest BCUT2D eigenvalue weighted by Gasteiger charge is 2.28. The fourth-order valence-corrected chi connectivity index (χ4v) is 2.89. The molecule has 0 saturated carbocycles. The Kier molecular flexibility index (Phi) is 4.83. The lowest BCUT2D eigenvalue weighted by molar-refractivity contribution is -0.136. The third kappa shape index (κ3) is 3.97. The number of carboxylic acids is 1. The van der Waals surface area contributed by atoms with Gasteiger partial charge in [0.1, 0.15) is 0 Å². The number of carbonyl (C=O) groups is 2. The van der Waals surface area contributed by atoms with Crippen LogP contribution in [0.4, 0.5) is 10.5 Å². The number of carboxylic acid groups (broad SMARTS) is 1. The lowest BCUT2D eigenvalue weighted by Gasteiger charge is -2.38. The first-order chi connectivity index (χ1) is 9.97. The molecule has 1 saturated heterocycles. The number of rotatable bonds is 3. The zero-order chi connectivity index (χ0) is 15.4. The lowest BCUT2D eigenvalue weighted by Crippen LogP contribution is -2.49. The first-order valence-corrected chi connectivity index (χ1v) is 7.37. The van der Waals surface area contributed by atoms with Crippen molar-refractivity contribution in [3.8, 4) is 0 Å². The van der Waals surface area contributed by atoms with Gasteiger partial charge in [-0.3, -0.25) is 4.79 Å². The molecule has 0 radical (unpaired) electrons. The summed E-state index contributed by atoms with van der Waals surface area (Å²) >= 11 is 0. The van der Waals surface area contributed by atoms with Gasteiger partial charge in [0, 0.05) is 17.8 Å². The van der Waals surface area contributed by atoms with Crippen LogP contribution in [0.2, 0.25) is 0 Å². The topological polar surface area (TPSA) is 69.6 Å². The molecule has 2 N–H and O–H groups in total. The SMILES string of the molecule is C[C@@H]1CCC[C@H](C)N1C(=O)Nc1ccc(CC(=O)O)cc1. The summed E-state index contributed by atoms with van der Waals surface area (Å²) in [7, 11) is 0. The normalized spacial score (nSPS) is 21.9. The highest BCUT2D eigenvalue weighted by molar-refractivity contribution is 5.89. The molecular formula is C16H22N2O3. The van der Waals surface area contributed by atoms with Crippen molar-refractivity contribution in [3.63, 3.8) is 0 Å². The van der Waals surface area contributed by atoms with Gasteiger partial charge in [0.2, 0.25) is 0 Å². The van der Waals surface area contributed by atoms with Crippen molar-refractivity contribution in [2.75, 3.05) is 5.32 Å². The van der Waals surface area contributed by atoms with Crippen LogP contribution in [-0.2, 0) is 11.2 Å². The average molecular weight is 290 g/mol. The van der Waals surface area contributed by atoms with E-state index in [1.807, 2.05) is 4.90 Å². The van der Waals surface area contributed by atoms with E-state index in [1.54, 1.807) is 24.3 Å². The first kappa shape index (κ1) is 15.4. The third-order valence-corrected chi connectivity index (χ3v) is 3.99. The molecule has 114 valence electrons. The minimum atomic E-state index is -0.859. The van der Waals surface area contributed by atoms with Crippen molar-refractivity contribution in [1.82, 2.24) is 4.90 Å². The molecule has 5 nitrogen and oxygen atoms in total. The van der Waals surface area contributed by atoms with E-state index in [0.29, 0.717) is 5.69 Å². The van der Waals surface area contributed by atoms with Crippen LogP contribution in [0.25, 0.3) is 0 Å². The number of anilines is 1. The predicted molar refractivity (Wildman–Crippen MR) is 81.4 cm³/mol. The predicted octanol–water partition coefficient (Wildman–Crippen LogP) is 3.11. The maximum absolute atomic E-state index is 12.4. The van der Waals surface area contributed by atoms with Crippen LogP contribution >= 0.6 is 0 Å². The quantitative estimate of drug-likeness (QED) is 0.898. The highest BCUT2D eigenvalue weighted by Crippen LogP contribution is 2.23. The zero-order valence-corrected chi connectivity index (χ0v) is 12.5. The van der Waals surface area contributed by atoms with E-state index in [1.165, 1.54) is 0 Å². The number of likely N-dealkylation sites (tertiary alicyclic amines) is 1. The van der Waals surface area contributed by atoms with Crippen molar-refractivity contribution >= 4 is 17.7 Å². The molecule has 0 unspecified atom stereocenters. The fourth-order valence-electron chi connectivity index (χ4n) is 2.89. The van der Waals surface area contributed by atoms with Crippen molar-refractivity contribution in [3.05, 3.63) is 29.8 Å². The summed E-state index contributed by atoms with van der Waals surface area (Å²) in [5.41, 5.74) is 1.42. The Morgan fingerprint density at radius 3 is 2.29 bits per heavy atom. The minimum absolute atomic E-state index is 0.00554. The van der Waals surface area contributed by atoms with Crippen molar-refractivity contribution in [2.24, 2.45) is 0 Å². The van der Waals surface area contributed by atoms with Crippen LogP contribution in [0, 0.1) is 0 Å². The van der Waals surface area contributed by atoms with Gasteiger partial charge in [0.15, 0.2) is 0 Å². The molecule has 2 rings (SSSR count). The largest absolute Gasteiger partial charge is 0.481 e. The number of nitrogens with one attached hydrogen (secondary N) is 1. The summed E-state index contributed by atoms with van der Waals surface area (Å²) in [5, 5.41) is 11.6. The molecule has 1 aliphatic rings. The molecule has 1 heterocycles. The first-order valence-electron chi connectivity index (χ1n) is 7.37. The van der Waals surface area contributed by atoms with Crippen LogP contribution in [0.15, 0.2) is 24.3 Å². The maximum atomic E-state index is 12.4. The second-order valence-corrected chi connectivity index (χ2v) is 5.73. The summed E-state index contributed by atoms with van der Waals surface area (Å²) in [6, 6.07) is 7.37. The number of nitrogens with zero attached hydrogens (tertiary/aromatic N) is 1. The number of piperidine rings is 1. The number of aliphatic carboxylic acids is 1. The Labute approximate surface area is 125 Å². The Morgan fingerprint density at radius 2 is 1.76 bits per heavy atom. The van der Waals surface area contributed by atoms with Crippen LogP contribution in [0.5, 0.6) is 0 Å². The summed E-state index contributed by atoms with van der Waals surface area (Å²) in [6.45, 7) is 4.15. The molecular weight excluding hydrogens is 268 g/mol. The van der Waals surface area contributed by atoms with Crippen molar-refractivity contribution in [1.29, 1.82) is 0 Å². The number of carbonyl (C=O) groups excluding carboxylic acids is 1. The third-order valence-electron chi connectivity index (χ3n) is 3.99. The summed E-state index contributed by atoms with van der Waals surface area (Å²) < 4.78 is 0. The molecule has 0 bridgehead atoms. The van der Waals surface area contributed by atoms with E-state index in [4.69, 9.17) is 5.11 Å². The van der Waals surface area contributed by atoms with E-state index in [9.17, 15) is 9.59 Å². The molecule has 2 atom stereocenters. The standard InChI is InChI=1S/C16H22N2O3/c1-11-4-3-5-12(2)18(11)16(21)17-14-8-6-13(7-9-14)10-15(19)20/h6-9,11-12H,3-5,10H2,1-2H3,(H,17,21)(H,19,20)/t11-,12+. The summed E-state index contributed by atoms with van der Waals surface area (Å²) in [5.74, 6) is -0.859. The van der Waals surface area contributed by atoms with Gasteiger partial charge in [0.25, 0.3) is 0 Å². The molecule has 1 aromatic rings. The second-order valence-electron chi connectivity index (χ2n) is 5.73. The van der Waals surface area contributed by atoms with Gasteiger partial charge >= 0.3 is 12.0 Å². The lowest BCUT2D eigenvalue weighted by atomic mass is 9.98. The van der Waals surface area contributed by atoms with Crippen LogP contribution in [0.3, 0.4) is 0 Å². The molecule has 5 heteroatoms. The Morgan fingerprint density at radius 1 is 1.19 bits per heavy atom. The molecule has 0 aliphatic carbocycles. The number of urea groups is 1. The molecule has 1 aromatic carbocycles. The van der Waals surface area contributed by atoms with E-state index in [2.05, 4.69) is 19.2 Å². The summed E-state index contributed by atoms with van der Waals surface area (Å²) in [4.78, 5) is 24.9. The molecule has 0 spiro atoms. The molecule has 0 aromatic heterocycles. The summed E-state index contributed by atoms with van der Waals surface area (Å²) in [6.07, 6.45) is 3.23. The van der Waals surface area contributed by atoms with Crippen LogP contribution < -0.4 is 5.32 Å². The Balaban J connectivity index is 2.00. The fraction of sp³-hybridized carbons (Fsp3) is 0.500. The average Bonchev–Trinajstić information content (AvgIpc) is 2.40. The van der Waals surface area contributed by atoms with Gasteiger partial charge in [-0.2, -0.15) is 0 Å². The number of hydrogen-bond donors (Lipinski definition) is 2. The van der Waals surface area contributed by atoms with E-state index >= 15 is 0 Å². The Bertz CT molecular complexity index is 503. The number of hydrogen-bond acceptors (Lipinski definition) is 2. The van der Waals surface area contributed by atoms with Gasteiger partial charge in [0.05, 0.1) is 6.42 Å². The second kappa shape index (κ2) is 6.61. The minimum Gasteiger partial charge on any atom is -0.481 e. The highest BCUT2D eigenvalue weighted by atomic mass is 16.4. The van der Waals surface area contributed by atoms with Gasteiger partial charge in [-0.1, -0.05) is 12.1 Å². The van der Waals surface area contributed by atoms with E-state index in [-0.39, 0.29) is 24.5 Å². The van der Waals surface area contributed by atoms with E-state index in [0.717, 1.165) is 24.8 Å². The van der Waals surface area contributed by atoms with Gasteiger partial charge in [-0.05, 0) is 50.8 Å².